The van der Waals surface area contributed by atoms with E-state index in [9.17, 15) is 4.39 Å². The van der Waals surface area contributed by atoms with Crippen LogP contribution in [0.1, 0.15) is 6.92 Å². The van der Waals surface area contributed by atoms with Gasteiger partial charge in [0.15, 0.2) is 5.66 Å². The molecule has 0 amide bonds. The normalized spacial score (nSPS) is 17.8. The lowest BCUT2D eigenvalue weighted by Crippen LogP contribution is -2.20. The molecule has 0 unspecified atom stereocenters. The van der Waals surface area contributed by atoms with Crippen LogP contribution in [-0.2, 0) is 0 Å². The third-order valence-electron chi connectivity index (χ3n) is 1.86. The number of fused-ring (bicyclic) bond motifs is 1. The molecule has 62 valence electrons. The van der Waals surface area contributed by atoms with E-state index in [2.05, 4.69) is 9.98 Å². The highest BCUT2D eigenvalue weighted by molar-refractivity contribution is 5.06. The molecule has 0 saturated carbocycles. The number of hydrogen-bond donors (Lipinski definition) is 0. The number of rotatable bonds is 1. The highest BCUT2D eigenvalue weighted by Crippen LogP contribution is 2.12. The van der Waals surface area contributed by atoms with Gasteiger partial charge in [0, 0.05) is 0 Å². The Morgan fingerprint density at radius 3 is 2.17 bits per heavy atom. The van der Waals surface area contributed by atoms with Gasteiger partial charge in [0.25, 0.3) is 0 Å². The van der Waals surface area contributed by atoms with Crippen LogP contribution in [0, 0.1) is 0 Å². The van der Waals surface area contributed by atoms with Gasteiger partial charge in [-0.1, -0.05) is 12.1 Å². The molecule has 0 atom stereocenters. The van der Waals surface area contributed by atoms with Crippen molar-refractivity contribution in [1.29, 1.82) is 0 Å². The number of nitrogens with zero attached hydrogens (tertiary/aromatic N) is 2. The van der Waals surface area contributed by atoms with Crippen molar-refractivity contribution in [1.82, 2.24) is 0 Å². The molecule has 1 aliphatic heterocycles. The van der Waals surface area contributed by atoms with Crippen LogP contribution in [0.2, 0.25) is 0 Å². The molecule has 2 nitrogen and oxygen atoms in total. The van der Waals surface area contributed by atoms with E-state index in [1.54, 1.807) is 6.92 Å². The van der Waals surface area contributed by atoms with Gasteiger partial charge < -0.3 is 0 Å². The van der Waals surface area contributed by atoms with Gasteiger partial charge in [0.05, 0.1) is 10.7 Å². The number of para-hydroxylation sites is 2. The Bertz CT molecular complexity index is 376. The average Bonchev–Trinajstić information content (AvgIpc) is 2.42. The van der Waals surface area contributed by atoms with Crippen LogP contribution in [0.4, 0.5) is 4.39 Å². The second-order valence-corrected chi connectivity index (χ2v) is 3.06. The first kappa shape index (κ1) is 7.40. The lowest BCUT2D eigenvalue weighted by molar-refractivity contribution is 0.340. The number of benzene rings is 1. The summed E-state index contributed by atoms with van der Waals surface area (Å²) in [5.74, 6) is 0. The van der Waals surface area contributed by atoms with Gasteiger partial charge in [-0.2, -0.15) is 0 Å². The molecule has 1 aromatic carbocycles. The Kier molecular flexibility index (Phi) is 1.46. The van der Waals surface area contributed by atoms with Crippen LogP contribution in [0.5, 0.6) is 0 Å². The summed E-state index contributed by atoms with van der Waals surface area (Å²) in [5, 5.41) is 1.58. The van der Waals surface area contributed by atoms with E-state index in [0.717, 1.165) is 10.7 Å². The van der Waals surface area contributed by atoms with E-state index < -0.39 is 12.3 Å². The molecule has 1 aliphatic rings. The maximum absolute atomic E-state index is 12.5. The Hall–Kier alpha value is -1.25. The number of alkyl halides is 1. The minimum atomic E-state index is -0.871. The maximum Gasteiger partial charge on any atom is 0.176 e. The Morgan fingerprint density at radius 1 is 1.25 bits per heavy atom. The van der Waals surface area contributed by atoms with Crippen LogP contribution >= 0.6 is 0 Å². The first-order chi connectivity index (χ1) is 5.73. The summed E-state index contributed by atoms with van der Waals surface area (Å²) in [7, 11) is 0. The van der Waals surface area contributed by atoms with E-state index in [-0.39, 0.29) is 0 Å². The standard InChI is InChI=1S/C9H9FN2/c1-9(6-10)11-7-4-2-3-5-8(7)12-9/h2-5H,6H2,1H3. The molecule has 2 rings (SSSR count). The summed E-state index contributed by atoms with van der Waals surface area (Å²) in [5.41, 5.74) is -0.871. The first-order valence-corrected chi connectivity index (χ1v) is 3.84. The van der Waals surface area contributed by atoms with Crippen molar-refractivity contribution in [2.45, 2.75) is 12.6 Å². The number of halogens is 1. The highest BCUT2D eigenvalue weighted by Gasteiger charge is 2.24. The minimum Gasteiger partial charge on any atom is -0.251 e. The molecular weight excluding hydrogens is 155 g/mol. The minimum absolute atomic E-state index is 0.540. The zero-order valence-electron chi connectivity index (χ0n) is 6.79. The molecule has 1 aromatic rings. The lowest BCUT2D eigenvalue weighted by Gasteiger charge is -2.10. The smallest absolute Gasteiger partial charge is 0.176 e. The molecule has 0 fully saturated rings. The third-order valence-corrected chi connectivity index (χ3v) is 1.86. The SMILES string of the molecule is CC1(CF)N=c2ccccc2=N1. The van der Waals surface area contributed by atoms with Crippen molar-refractivity contribution >= 4 is 0 Å². The van der Waals surface area contributed by atoms with Crippen LogP contribution < -0.4 is 10.7 Å². The fraction of sp³-hybridized carbons (Fsp3) is 0.333. The van der Waals surface area contributed by atoms with Gasteiger partial charge in [0.2, 0.25) is 0 Å². The van der Waals surface area contributed by atoms with Crippen LogP contribution in [-0.4, -0.2) is 12.3 Å². The summed E-state index contributed by atoms with van der Waals surface area (Å²) in [4.78, 5) is 8.32. The van der Waals surface area contributed by atoms with Gasteiger partial charge in [-0.15, -0.1) is 0 Å². The van der Waals surface area contributed by atoms with Crippen LogP contribution in [0.15, 0.2) is 34.3 Å². The van der Waals surface area contributed by atoms with Gasteiger partial charge in [-0.25, -0.2) is 4.39 Å². The molecule has 0 saturated heterocycles. The zero-order chi connectivity index (χ0) is 8.60. The largest absolute Gasteiger partial charge is 0.251 e. The van der Waals surface area contributed by atoms with Gasteiger partial charge in [-0.3, -0.25) is 9.98 Å². The molecule has 0 spiro atoms. The summed E-state index contributed by atoms with van der Waals surface area (Å²) in [6.45, 7) is 1.15. The van der Waals surface area contributed by atoms with Crippen molar-refractivity contribution < 1.29 is 4.39 Å². The molecular formula is C9H9FN2. The van der Waals surface area contributed by atoms with Crippen molar-refractivity contribution in [3.63, 3.8) is 0 Å². The summed E-state index contributed by atoms with van der Waals surface area (Å²) in [6.07, 6.45) is 0. The molecule has 0 aliphatic carbocycles. The molecule has 3 heteroatoms. The second-order valence-electron chi connectivity index (χ2n) is 3.06. The Morgan fingerprint density at radius 2 is 1.75 bits per heavy atom. The van der Waals surface area contributed by atoms with Gasteiger partial charge >= 0.3 is 0 Å². The van der Waals surface area contributed by atoms with Gasteiger partial charge in [-0.05, 0) is 19.1 Å². The first-order valence-electron chi connectivity index (χ1n) is 3.84. The van der Waals surface area contributed by atoms with E-state index in [4.69, 9.17) is 0 Å². The zero-order valence-corrected chi connectivity index (χ0v) is 6.79. The van der Waals surface area contributed by atoms with E-state index in [1.807, 2.05) is 24.3 Å². The Balaban J connectivity index is 2.68. The molecule has 0 N–H and O–H groups in total. The third kappa shape index (κ3) is 1.02. The highest BCUT2D eigenvalue weighted by atomic mass is 19.1. The second kappa shape index (κ2) is 2.37. The van der Waals surface area contributed by atoms with E-state index >= 15 is 0 Å². The molecule has 0 radical (unpaired) electrons. The summed E-state index contributed by atoms with van der Waals surface area (Å²) >= 11 is 0. The summed E-state index contributed by atoms with van der Waals surface area (Å²) < 4.78 is 12.5. The summed E-state index contributed by atoms with van der Waals surface area (Å²) in [6, 6.07) is 7.45. The van der Waals surface area contributed by atoms with Crippen molar-refractivity contribution in [2.24, 2.45) is 9.98 Å². The molecule has 0 bridgehead atoms. The van der Waals surface area contributed by atoms with Crippen molar-refractivity contribution in [3.8, 4) is 0 Å². The topological polar surface area (TPSA) is 24.7 Å². The quantitative estimate of drug-likeness (QED) is 0.581. The Labute approximate surface area is 69.5 Å². The molecule has 1 heterocycles. The predicted molar refractivity (Wildman–Crippen MR) is 43.1 cm³/mol. The average molecular weight is 164 g/mol. The van der Waals surface area contributed by atoms with Crippen molar-refractivity contribution in [3.05, 3.63) is 35.0 Å². The van der Waals surface area contributed by atoms with Gasteiger partial charge in [0.1, 0.15) is 6.67 Å². The van der Waals surface area contributed by atoms with Crippen molar-refractivity contribution in [2.75, 3.05) is 6.67 Å². The van der Waals surface area contributed by atoms with E-state index in [1.165, 1.54) is 0 Å². The fourth-order valence-corrected chi connectivity index (χ4v) is 1.26. The molecule has 12 heavy (non-hydrogen) atoms. The fourth-order valence-electron chi connectivity index (χ4n) is 1.26. The van der Waals surface area contributed by atoms with Crippen LogP contribution in [0.3, 0.4) is 0 Å². The monoisotopic (exact) mass is 164 g/mol. The lowest BCUT2D eigenvalue weighted by atomic mass is 10.3. The molecule has 0 aromatic heterocycles. The van der Waals surface area contributed by atoms with Crippen LogP contribution in [0.25, 0.3) is 0 Å². The number of hydrogen-bond acceptors (Lipinski definition) is 2. The van der Waals surface area contributed by atoms with E-state index in [0.29, 0.717) is 0 Å². The maximum atomic E-state index is 12.5. The predicted octanol–water partition coefficient (Wildman–Crippen LogP) is 0.625.